The van der Waals surface area contributed by atoms with Crippen LogP contribution in [-0.4, -0.2) is 18.1 Å². The van der Waals surface area contributed by atoms with Crippen LogP contribution in [0.5, 0.6) is 0 Å². The number of rotatable bonds is 8. The van der Waals surface area contributed by atoms with Crippen molar-refractivity contribution in [3.05, 3.63) is 32.3 Å². The summed E-state index contributed by atoms with van der Waals surface area (Å²) >= 11 is 3.02. The third-order valence-electron chi connectivity index (χ3n) is 2.61. The molecule has 0 saturated carbocycles. The van der Waals surface area contributed by atoms with Crippen molar-refractivity contribution in [1.82, 2.24) is 4.72 Å². The standard InChI is InChI=1S/C12H18N4OS2/c1-8(2)12(17)11(15-18-3)5-9-4-10(19-7-9)6-14-16-13/h4,7-8,11,15H,5-6H2,1-3H3/t11-/m0/s1. The van der Waals surface area contributed by atoms with Crippen LogP contribution in [0.1, 0.15) is 24.3 Å². The van der Waals surface area contributed by atoms with Crippen molar-refractivity contribution < 1.29 is 4.79 Å². The number of hydrogen-bond donors (Lipinski definition) is 1. The second-order valence-electron chi connectivity index (χ2n) is 4.45. The maximum atomic E-state index is 12.1. The van der Waals surface area contributed by atoms with Crippen molar-refractivity contribution in [1.29, 1.82) is 0 Å². The monoisotopic (exact) mass is 298 g/mol. The first kappa shape index (κ1) is 16.0. The summed E-state index contributed by atoms with van der Waals surface area (Å²) in [4.78, 5) is 15.8. The predicted octanol–water partition coefficient (Wildman–Crippen LogP) is 3.56. The van der Waals surface area contributed by atoms with Gasteiger partial charge in [0.1, 0.15) is 0 Å². The zero-order valence-corrected chi connectivity index (χ0v) is 12.9. The molecule has 0 bridgehead atoms. The van der Waals surface area contributed by atoms with E-state index in [2.05, 4.69) is 14.7 Å². The van der Waals surface area contributed by atoms with E-state index in [1.54, 1.807) is 11.3 Å². The van der Waals surface area contributed by atoms with E-state index >= 15 is 0 Å². The van der Waals surface area contributed by atoms with Crippen LogP contribution in [0.3, 0.4) is 0 Å². The fourth-order valence-electron chi connectivity index (χ4n) is 1.70. The molecular weight excluding hydrogens is 280 g/mol. The molecule has 0 radical (unpaired) electrons. The highest BCUT2D eigenvalue weighted by molar-refractivity contribution is 7.96. The van der Waals surface area contributed by atoms with E-state index in [0.29, 0.717) is 13.0 Å². The molecule has 1 rings (SSSR count). The molecule has 1 heterocycles. The summed E-state index contributed by atoms with van der Waals surface area (Å²) in [6, 6.07) is 1.83. The lowest BCUT2D eigenvalue weighted by Gasteiger charge is -2.17. The van der Waals surface area contributed by atoms with E-state index in [9.17, 15) is 4.79 Å². The van der Waals surface area contributed by atoms with Crippen molar-refractivity contribution in [2.45, 2.75) is 32.9 Å². The Morgan fingerprint density at radius 3 is 2.95 bits per heavy atom. The zero-order chi connectivity index (χ0) is 14.3. The van der Waals surface area contributed by atoms with E-state index in [4.69, 9.17) is 5.53 Å². The number of nitrogens with one attached hydrogen (secondary N) is 1. The highest BCUT2D eigenvalue weighted by Crippen LogP contribution is 2.18. The smallest absolute Gasteiger partial charge is 0.153 e. The van der Waals surface area contributed by atoms with Gasteiger partial charge in [-0.2, -0.15) is 0 Å². The summed E-state index contributed by atoms with van der Waals surface area (Å²) in [6.07, 6.45) is 2.59. The molecule has 1 N–H and O–H groups in total. The molecule has 1 aromatic heterocycles. The Hall–Kier alpha value is -1.01. The van der Waals surface area contributed by atoms with Crippen molar-refractivity contribution in [3.63, 3.8) is 0 Å². The molecule has 0 aromatic carbocycles. The Morgan fingerprint density at radius 1 is 1.63 bits per heavy atom. The van der Waals surface area contributed by atoms with Crippen LogP contribution in [-0.2, 0) is 17.8 Å². The Bertz CT molecular complexity index is 466. The van der Waals surface area contributed by atoms with Crippen molar-refractivity contribution >= 4 is 29.1 Å². The van der Waals surface area contributed by atoms with Crippen LogP contribution in [0, 0.1) is 5.92 Å². The van der Waals surface area contributed by atoms with Crippen molar-refractivity contribution in [2.24, 2.45) is 11.0 Å². The van der Waals surface area contributed by atoms with E-state index in [1.807, 2.05) is 31.5 Å². The molecule has 0 saturated heterocycles. The molecule has 0 unspecified atom stereocenters. The molecule has 104 valence electrons. The third kappa shape index (κ3) is 5.24. The highest BCUT2D eigenvalue weighted by Gasteiger charge is 2.21. The normalized spacial score (nSPS) is 12.2. The van der Waals surface area contributed by atoms with E-state index in [0.717, 1.165) is 10.4 Å². The fraction of sp³-hybridized carbons (Fsp3) is 0.583. The van der Waals surface area contributed by atoms with Crippen molar-refractivity contribution in [3.8, 4) is 0 Å². The second-order valence-corrected chi connectivity index (χ2v) is 6.09. The topological polar surface area (TPSA) is 77.9 Å². The highest BCUT2D eigenvalue weighted by atomic mass is 32.2. The molecule has 19 heavy (non-hydrogen) atoms. The molecule has 0 fully saturated rings. The molecular formula is C12H18N4OS2. The molecule has 0 aliphatic carbocycles. The Kier molecular flexibility index (Phi) is 6.94. The van der Waals surface area contributed by atoms with E-state index < -0.39 is 0 Å². The number of carbonyl (C=O) groups excluding carboxylic acids is 1. The summed E-state index contributed by atoms with van der Waals surface area (Å²) in [5, 5.41) is 5.56. The molecule has 0 amide bonds. The number of Topliss-reactive ketones (excluding diaryl/α,β-unsaturated/α-hetero) is 1. The van der Waals surface area contributed by atoms with Crippen molar-refractivity contribution in [2.75, 3.05) is 6.26 Å². The van der Waals surface area contributed by atoms with Gasteiger partial charge in [-0.3, -0.25) is 9.52 Å². The van der Waals surface area contributed by atoms with Gasteiger partial charge in [-0.25, -0.2) is 0 Å². The molecule has 7 heteroatoms. The molecule has 1 atom stereocenters. The molecule has 0 spiro atoms. The van der Waals surface area contributed by atoms with Crippen LogP contribution in [0.4, 0.5) is 0 Å². The first-order valence-corrected chi connectivity index (χ1v) is 8.08. The maximum Gasteiger partial charge on any atom is 0.153 e. The number of nitrogens with zero attached hydrogens (tertiary/aromatic N) is 3. The predicted molar refractivity (Wildman–Crippen MR) is 81.2 cm³/mol. The Labute approximate surface area is 121 Å². The van der Waals surface area contributed by atoms with Gasteiger partial charge in [0.15, 0.2) is 5.78 Å². The lowest BCUT2D eigenvalue weighted by atomic mass is 9.98. The Morgan fingerprint density at radius 2 is 2.37 bits per heavy atom. The summed E-state index contributed by atoms with van der Waals surface area (Å²) in [6.45, 7) is 4.20. The molecule has 1 aromatic rings. The van der Waals surface area contributed by atoms with E-state index in [-0.39, 0.29) is 17.7 Å². The van der Waals surface area contributed by atoms with Gasteiger partial charge in [-0.15, -0.1) is 11.3 Å². The van der Waals surface area contributed by atoms with Gasteiger partial charge in [-0.05, 0) is 35.2 Å². The maximum absolute atomic E-state index is 12.1. The minimum absolute atomic E-state index is 0.0194. The number of azide groups is 1. The van der Waals surface area contributed by atoms with Crippen LogP contribution in [0.2, 0.25) is 0 Å². The number of carbonyl (C=O) groups is 1. The summed E-state index contributed by atoms with van der Waals surface area (Å²) in [5.74, 6) is 0.239. The molecule has 0 aliphatic rings. The SMILES string of the molecule is CSN[C@@H](Cc1csc(CN=[N+]=[N-])c1)C(=O)C(C)C. The van der Waals surface area contributed by atoms with Gasteiger partial charge in [0.25, 0.3) is 0 Å². The first-order chi connectivity index (χ1) is 9.08. The average Bonchev–Trinajstić information content (AvgIpc) is 2.82. The number of ketones is 1. The second kappa shape index (κ2) is 8.22. The number of hydrogen-bond acceptors (Lipinski definition) is 5. The zero-order valence-electron chi connectivity index (χ0n) is 11.3. The largest absolute Gasteiger partial charge is 0.298 e. The van der Waals surface area contributed by atoms with Gasteiger partial charge in [0, 0.05) is 15.7 Å². The quantitative estimate of drug-likeness (QED) is 0.345. The molecule has 0 aliphatic heterocycles. The van der Waals surface area contributed by atoms with Gasteiger partial charge in [0.05, 0.1) is 12.6 Å². The van der Waals surface area contributed by atoms with E-state index in [1.165, 1.54) is 11.9 Å². The van der Waals surface area contributed by atoms with Crippen LogP contribution in [0.15, 0.2) is 16.6 Å². The number of thiophene rings is 1. The van der Waals surface area contributed by atoms with Crippen LogP contribution >= 0.6 is 23.3 Å². The van der Waals surface area contributed by atoms with Gasteiger partial charge < -0.3 is 0 Å². The Balaban J connectivity index is 2.70. The first-order valence-electron chi connectivity index (χ1n) is 5.97. The average molecular weight is 298 g/mol. The minimum Gasteiger partial charge on any atom is -0.298 e. The minimum atomic E-state index is -0.170. The summed E-state index contributed by atoms with van der Waals surface area (Å²) in [7, 11) is 0. The molecule has 5 nitrogen and oxygen atoms in total. The van der Waals surface area contributed by atoms with Crippen LogP contribution in [0.25, 0.3) is 10.4 Å². The summed E-state index contributed by atoms with van der Waals surface area (Å²) < 4.78 is 3.15. The lowest BCUT2D eigenvalue weighted by molar-refractivity contribution is -0.123. The lowest BCUT2D eigenvalue weighted by Crippen LogP contribution is -2.37. The van der Waals surface area contributed by atoms with Gasteiger partial charge >= 0.3 is 0 Å². The fourth-order valence-corrected chi connectivity index (χ4v) is 3.00. The van der Waals surface area contributed by atoms with Crippen LogP contribution < -0.4 is 4.72 Å². The van der Waals surface area contributed by atoms with Gasteiger partial charge in [0.2, 0.25) is 0 Å². The van der Waals surface area contributed by atoms with Gasteiger partial charge in [-0.1, -0.05) is 30.9 Å². The summed E-state index contributed by atoms with van der Waals surface area (Å²) in [5.41, 5.74) is 9.39. The third-order valence-corrected chi connectivity index (χ3v) is 4.10.